The largest absolute Gasteiger partial charge is 0.481 e. The first-order valence-electron chi connectivity index (χ1n) is 10.1. The van der Waals surface area contributed by atoms with Crippen LogP contribution in [0.4, 0.5) is 0 Å². The first-order valence-corrected chi connectivity index (χ1v) is 10.1. The number of aliphatic hydroxyl groups excluding tert-OH is 1. The summed E-state index contributed by atoms with van der Waals surface area (Å²) in [5, 5.41) is 19.2. The number of aliphatic hydroxyl groups is 1. The summed E-state index contributed by atoms with van der Waals surface area (Å²) in [5.41, 5.74) is 0.731. The molecule has 0 aromatic heterocycles. The van der Waals surface area contributed by atoms with Crippen LogP contribution in [0.3, 0.4) is 0 Å². The number of carboxylic acid groups (broad SMARTS) is 1. The molecule has 0 radical (unpaired) electrons. The van der Waals surface area contributed by atoms with Crippen molar-refractivity contribution in [3.8, 4) is 0 Å². The maximum atomic E-state index is 12.3. The number of aliphatic carboxylic acids is 1. The number of carbonyl (C=O) groups excluding carboxylic acids is 1. The van der Waals surface area contributed by atoms with Crippen molar-refractivity contribution in [2.75, 3.05) is 0 Å². The van der Waals surface area contributed by atoms with Gasteiger partial charge in [-0.05, 0) is 31.1 Å². The third kappa shape index (κ3) is 7.84. The van der Waals surface area contributed by atoms with Crippen LogP contribution < -0.4 is 0 Å². The van der Waals surface area contributed by atoms with Gasteiger partial charge >= 0.3 is 5.97 Å². The zero-order valence-corrected chi connectivity index (χ0v) is 17.1. The molecule has 152 valence electrons. The number of allylic oxidation sites excluding steroid dienone is 4. The molecule has 27 heavy (non-hydrogen) atoms. The summed E-state index contributed by atoms with van der Waals surface area (Å²) >= 11 is 0. The van der Waals surface area contributed by atoms with Gasteiger partial charge in [0.1, 0.15) is 5.78 Å². The van der Waals surface area contributed by atoms with Gasteiger partial charge in [-0.25, -0.2) is 0 Å². The highest BCUT2D eigenvalue weighted by Gasteiger charge is 2.35. The van der Waals surface area contributed by atoms with Gasteiger partial charge in [0.05, 0.1) is 6.10 Å². The van der Waals surface area contributed by atoms with Crippen LogP contribution in [0.5, 0.6) is 0 Å². The van der Waals surface area contributed by atoms with Gasteiger partial charge in [0, 0.05) is 24.7 Å². The first kappa shape index (κ1) is 23.4. The zero-order chi connectivity index (χ0) is 20.4. The Morgan fingerprint density at radius 1 is 1.33 bits per heavy atom. The number of carbonyl (C=O) groups is 2. The molecule has 0 unspecified atom stereocenters. The van der Waals surface area contributed by atoms with Gasteiger partial charge in [0.2, 0.25) is 0 Å². The van der Waals surface area contributed by atoms with Crippen LogP contribution in [0.1, 0.15) is 72.1 Å². The molecule has 0 aromatic rings. The number of hydrogen-bond acceptors (Lipinski definition) is 3. The van der Waals surface area contributed by atoms with Gasteiger partial charge in [0.25, 0.3) is 0 Å². The normalized spacial score (nSPS) is 22.2. The van der Waals surface area contributed by atoms with Crippen LogP contribution in [-0.2, 0) is 9.59 Å². The molecule has 0 bridgehead atoms. The van der Waals surface area contributed by atoms with E-state index in [9.17, 15) is 14.7 Å². The van der Waals surface area contributed by atoms with Crippen LogP contribution in [0.15, 0.2) is 36.5 Å². The van der Waals surface area contributed by atoms with Crippen LogP contribution >= 0.6 is 0 Å². The Kier molecular flexibility index (Phi) is 9.71. The minimum atomic E-state index is -0.781. The predicted octanol–water partition coefficient (Wildman–Crippen LogP) is 5.08. The third-order valence-corrected chi connectivity index (χ3v) is 5.51. The van der Waals surface area contributed by atoms with E-state index in [1.807, 2.05) is 24.3 Å². The van der Waals surface area contributed by atoms with Gasteiger partial charge in [-0.2, -0.15) is 0 Å². The van der Waals surface area contributed by atoms with Crippen molar-refractivity contribution in [1.82, 2.24) is 0 Å². The van der Waals surface area contributed by atoms with Gasteiger partial charge in [-0.1, -0.05) is 70.1 Å². The van der Waals surface area contributed by atoms with Crippen LogP contribution in [0.25, 0.3) is 0 Å². The number of ketones is 1. The van der Waals surface area contributed by atoms with Crippen molar-refractivity contribution in [3.05, 3.63) is 36.5 Å². The fourth-order valence-corrected chi connectivity index (χ4v) is 3.50. The molecular weight excluding hydrogens is 340 g/mol. The molecule has 4 nitrogen and oxygen atoms in total. The molecule has 0 saturated heterocycles. The lowest BCUT2D eigenvalue weighted by molar-refractivity contribution is -0.137. The van der Waals surface area contributed by atoms with Gasteiger partial charge in [0.15, 0.2) is 0 Å². The first-order chi connectivity index (χ1) is 12.7. The predicted molar refractivity (Wildman–Crippen MR) is 109 cm³/mol. The van der Waals surface area contributed by atoms with E-state index in [0.29, 0.717) is 25.7 Å². The second-order valence-corrected chi connectivity index (χ2v) is 8.35. The topological polar surface area (TPSA) is 74.6 Å². The molecule has 1 aliphatic carbocycles. The standard InChI is InChI=1S/C23H36O4/c1-5-6-15-23(3,4)21(25)14-13-18-17(2)16-20(24)19(18)11-9-7-8-10-12-22(26)27/h7,9,13-14,18-19,21,25H,2,5-6,8,10-12,15-16H2,1,3-4H3,(H,26,27)/t18-,19+,21+/m0/s1. The molecule has 1 saturated carbocycles. The second kappa shape index (κ2) is 11.2. The maximum Gasteiger partial charge on any atom is 0.303 e. The lowest BCUT2D eigenvalue weighted by Crippen LogP contribution is -2.27. The summed E-state index contributed by atoms with van der Waals surface area (Å²) in [6.07, 6.45) is 12.9. The SMILES string of the molecule is C=C1CC(=O)[C@H](CC=CCCCC(=O)O)[C@H]1C=C[C@@H](O)C(C)(C)CCCC. The summed E-state index contributed by atoms with van der Waals surface area (Å²) in [6.45, 7) is 10.4. The number of hydrogen-bond donors (Lipinski definition) is 2. The highest BCUT2D eigenvalue weighted by atomic mass is 16.4. The number of Topliss-reactive ketones (excluding diaryl/α,β-unsaturated/α-hetero) is 1. The second-order valence-electron chi connectivity index (χ2n) is 8.35. The summed E-state index contributed by atoms with van der Waals surface area (Å²) < 4.78 is 0. The number of unbranched alkanes of at least 4 members (excludes halogenated alkanes) is 2. The number of rotatable bonds is 12. The Morgan fingerprint density at radius 2 is 2.04 bits per heavy atom. The lowest BCUT2D eigenvalue weighted by Gasteiger charge is -2.29. The molecule has 1 rings (SSSR count). The molecular formula is C23H36O4. The monoisotopic (exact) mass is 376 g/mol. The van der Waals surface area contributed by atoms with Crippen LogP contribution in [-0.4, -0.2) is 28.1 Å². The van der Waals surface area contributed by atoms with Crippen molar-refractivity contribution < 1.29 is 19.8 Å². The third-order valence-electron chi connectivity index (χ3n) is 5.51. The Labute approximate surface area is 164 Å². The van der Waals surface area contributed by atoms with E-state index in [4.69, 9.17) is 5.11 Å². The lowest BCUT2D eigenvalue weighted by atomic mass is 9.80. The Bertz CT molecular complexity index is 571. The molecule has 0 heterocycles. The quantitative estimate of drug-likeness (QED) is 0.368. The summed E-state index contributed by atoms with van der Waals surface area (Å²) in [6, 6.07) is 0. The fraction of sp³-hybridized carbons (Fsp3) is 0.652. The molecule has 2 N–H and O–H groups in total. The molecule has 1 fully saturated rings. The highest BCUT2D eigenvalue weighted by Crippen LogP contribution is 2.37. The molecule has 1 aliphatic rings. The van der Waals surface area contributed by atoms with E-state index in [-0.39, 0.29) is 29.5 Å². The molecule has 4 heteroatoms. The number of carboxylic acids is 1. The molecule has 0 amide bonds. The highest BCUT2D eigenvalue weighted by molar-refractivity contribution is 5.87. The molecule has 0 aromatic carbocycles. The van der Waals surface area contributed by atoms with Gasteiger partial charge < -0.3 is 10.2 Å². The Morgan fingerprint density at radius 3 is 2.67 bits per heavy atom. The summed E-state index contributed by atoms with van der Waals surface area (Å²) in [5.74, 6) is -0.742. The van der Waals surface area contributed by atoms with E-state index in [1.54, 1.807) is 0 Å². The van der Waals surface area contributed by atoms with E-state index >= 15 is 0 Å². The smallest absolute Gasteiger partial charge is 0.303 e. The van der Waals surface area contributed by atoms with Crippen molar-refractivity contribution in [3.63, 3.8) is 0 Å². The van der Waals surface area contributed by atoms with Crippen molar-refractivity contribution in [2.45, 2.75) is 78.2 Å². The minimum Gasteiger partial charge on any atom is -0.481 e. The Hall–Kier alpha value is -1.68. The van der Waals surface area contributed by atoms with E-state index in [1.165, 1.54) is 0 Å². The van der Waals surface area contributed by atoms with Crippen molar-refractivity contribution >= 4 is 11.8 Å². The fourth-order valence-electron chi connectivity index (χ4n) is 3.50. The molecule has 3 atom stereocenters. The zero-order valence-electron chi connectivity index (χ0n) is 17.1. The Balaban J connectivity index is 2.65. The summed E-state index contributed by atoms with van der Waals surface area (Å²) in [4.78, 5) is 22.8. The van der Waals surface area contributed by atoms with Gasteiger partial charge in [-0.3, -0.25) is 9.59 Å². The van der Waals surface area contributed by atoms with E-state index < -0.39 is 12.1 Å². The van der Waals surface area contributed by atoms with Gasteiger partial charge in [-0.15, -0.1) is 0 Å². The maximum absolute atomic E-state index is 12.3. The minimum absolute atomic E-state index is 0.0298. The van der Waals surface area contributed by atoms with Crippen LogP contribution in [0.2, 0.25) is 0 Å². The molecule has 0 aliphatic heterocycles. The summed E-state index contributed by atoms with van der Waals surface area (Å²) in [7, 11) is 0. The van der Waals surface area contributed by atoms with E-state index in [2.05, 4.69) is 27.4 Å². The average Bonchev–Trinajstić information content (AvgIpc) is 2.86. The van der Waals surface area contributed by atoms with Crippen LogP contribution in [0, 0.1) is 17.3 Å². The average molecular weight is 377 g/mol. The van der Waals surface area contributed by atoms with Crippen molar-refractivity contribution in [1.29, 1.82) is 0 Å². The molecule has 0 spiro atoms. The van der Waals surface area contributed by atoms with E-state index in [0.717, 1.165) is 24.8 Å². The van der Waals surface area contributed by atoms with Crippen molar-refractivity contribution in [2.24, 2.45) is 17.3 Å².